The van der Waals surface area contributed by atoms with E-state index in [0.29, 0.717) is 5.41 Å². The predicted molar refractivity (Wildman–Crippen MR) is 58.0 cm³/mol. The normalized spacial score (nSPS) is 30.0. The van der Waals surface area contributed by atoms with Gasteiger partial charge in [-0.25, -0.2) is 0 Å². The van der Waals surface area contributed by atoms with Crippen molar-refractivity contribution in [3.8, 4) is 0 Å². The summed E-state index contributed by atoms with van der Waals surface area (Å²) in [5.41, 5.74) is 0.583. The Kier molecular flexibility index (Phi) is 4.74. The Morgan fingerprint density at radius 3 is 2.77 bits per heavy atom. The molecular weight excluding hydrogens is 160 g/mol. The molecule has 0 bridgehead atoms. The lowest BCUT2D eigenvalue weighted by molar-refractivity contribution is 0.230. The SMILES string of the molecule is CCNCC1(CC)CCCNCC1. The van der Waals surface area contributed by atoms with Gasteiger partial charge < -0.3 is 10.6 Å². The molecule has 0 saturated carbocycles. The summed E-state index contributed by atoms with van der Waals surface area (Å²) in [5, 5.41) is 6.99. The second-order valence-corrected chi connectivity index (χ2v) is 4.24. The Hall–Kier alpha value is -0.0800. The summed E-state index contributed by atoms with van der Waals surface area (Å²) in [6.07, 6.45) is 5.40. The Labute approximate surface area is 82.5 Å². The van der Waals surface area contributed by atoms with Crippen LogP contribution in [0.25, 0.3) is 0 Å². The monoisotopic (exact) mass is 184 g/mol. The van der Waals surface area contributed by atoms with Crippen molar-refractivity contribution in [3.63, 3.8) is 0 Å². The van der Waals surface area contributed by atoms with Gasteiger partial charge in [0.15, 0.2) is 0 Å². The molecule has 0 spiro atoms. The van der Waals surface area contributed by atoms with Crippen LogP contribution < -0.4 is 10.6 Å². The molecule has 0 aromatic carbocycles. The molecule has 0 radical (unpaired) electrons. The minimum Gasteiger partial charge on any atom is -0.317 e. The molecule has 13 heavy (non-hydrogen) atoms. The standard InChI is InChI=1S/C11H24N2/c1-3-11(10-12-4-2)6-5-8-13-9-7-11/h12-13H,3-10H2,1-2H3. The Morgan fingerprint density at radius 1 is 1.23 bits per heavy atom. The van der Waals surface area contributed by atoms with Gasteiger partial charge in [0.05, 0.1) is 0 Å². The minimum atomic E-state index is 0.583. The van der Waals surface area contributed by atoms with Gasteiger partial charge in [0.25, 0.3) is 0 Å². The predicted octanol–water partition coefficient (Wildman–Crippen LogP) is 1.77. The largest absolute Gasteiger partial charge is 0.317 e. The lowest BCUT2D eigenvalue weighted by atomic mass is 9.78. The maximum Gasteiger partial charge on any atom is 0.000807 e. The molecule has 1 aliphatic heterocycles. The highest BCUT2D eigenvalue weighted by Gasteiger charge is 2.27. The molecule has 78 valence electrons. The van der Waals surface area contributed by atoms with Crippen molar-refractivity contribution < 1.29 is 0 Å². The van der Waals surface area contributed by atoms with E-state index in [4.69, 9.17) is 0 Å². The fourth-order valence-electron chi connectivity index (χ4n) is 2.24. The first-order valence-corrected chi connectivity index (χ1v) is 5.74. The molecule has 0 aromatic heterocycles. The van der Waals surface area contributed by atoms with Crippen LogP contribution in [-0.4, -0.2) is 26.2 Å². The molecule has 2 N–H and O–H groups in total. The lowest BCUT2D eigenvalue weighted by Gasteiger charge is -2.31. The maximum absolute atomic E-state index is 3.51. The summed E-state index contributed by atoms with van der Waals surface area (Å²) in [6, 6.07) is 0. The van der Waals surface area contributed by atoms with Gasteiger partial charge in [-0.2, -0.15) is 0 Å². The molecule has 0 aromatic rings. The molecule has 1 aliphatic rings. The van der Waals surface area contributed by atoms with E-state index in [1.165, 1.54) is 45.3 Å². The van der Waals surface area contributed by atoms with Crippen LogP contribution in [0.5, 0.6) is 0 Å². The first kappa shape index (κ1) is 11.0. The van der Waals surface area contributed by atoms with Gasteiger partial charge in [-0.1, -0.05) is 13.8 Å². The Bertz CT molecular complexity index is 126. The van der Waals surface area contributed by atoms with E-state index in [2.05, 4.69) is 24.5 Å². The van der Waals surface area contributed by atoms with Crippen molar-refractivity contribution in [2.24, 2.45) is 5.41 Å². The molecular formula is C11H24N2. The van der Waals surface area contributed by atoms with Crippen molar-refractivity contribution >= 4 is 0 Å². The second-order valence-electron chi connectivity index (χ2n) is 4.24. The number of hydrogen-bond donors (Lipinski definition) is 2. The van der Waals surface area contributed by atoms with E-state index in [9.17, 15) is 0 Å². The first-order chi connectivity index (χ1) is 6.33. The Morgan fingerprint density at radius 2 is 2.08 bits per heavy atom. The van der Waals surface area contributed by atoms with Crippen LogP contribution in [0.4, 0.5) is 0 Å². The van der Waals surface area contributed by atoms with Crippen LogP contribution in [0.15, 0.2) is 0 Å². The van der Waals surface area contributed by atoms with Crippen LogP contribution in [0.3, 0.4) is 0 Å². The Balaban J connectivity index is 2.43. The molecule has 1 unspecified atom stereocenters. The van der Waals surface area contributed by atoms with Gasteiger partial charge in [-0.15, -0.1) is 0 Å². The van der Waals surface area contributed by atoms with Crippen LogP contribution in [0, 0.1) is 5.41 Å². The molecule has 0 aliphatic carbocycles. The molecule has 1 atom stereocenters. The van der Waals surface area contributed by atoms with E-state index < -0.39 is 0 Å². The highest BCUT2D eigenvalue weighted by atomic mass is 14.9. The zero-order valence-corrected chi connectivity index (χ0v) is 9.16. The second kappa shape index (κ2) is 5.61. The highest BCUT2D eigenvalue weighted by Crippen LogP contribution is 2.32. The summed E-state index contributed by atoms with van der Waals surface area (Å²) in [7, 11) is 0. The third-order valence-corrected chi connectivity index (χ3v) is 3.39. The van der Waals surface area contributed by atoms with Gasteiger partial charge in [0.1, 0.15) is 0 Å². The third-order valence-electron chi connectivity index (χ3n) is 3.39. The number of hydrogen-bond acceptors (Lipinski definition) is 2. The zero-order chi connectivity index (χ0) is 9.57. The van der Waals surface area contributed by atoms with Gasteiger partial charge in [-0.05, 0) is 50.7 Å². The topological polar surface area (TPSA) is 24.1 Å². The minimum absolute atomic E-state index is 0.583. The van der Waals surface area contributed by atoms with Crippen molar-refractivity contribution in [3.05, 3.63) is 0 Å². The molecule has 1 saturated heterocycles. The van der Waals surface area contributed by atoms with Gasteiger partial charge >= 0.3 is 0 Å². The summed E-state index contributed by atoms with van der Waals surface area (Å²) >= 11 is 0. The van der Waals surface area contributed by atoms with Gasteiger partial charge in [0.2, 0.25) is 0 Å². The van der Waals surface area contributed by atoms with Gasteiger partial charge in [-0.3, -0.25) is 0 Å². The summed E-state index contributed by atoms with van der Waals surface area (Å²) in [6.45, 7) is 9.27. The van der Waals surface area contributed by atoms with Crippen LogP contribution in [-0.2, 0) is 0 Å². The quantitative estimate of drug-likeness (QED) is 0.696. The van der Waals surface area contributed by atoms with E-state index in [-0.39, 0.29) is 0 Å². The molecule has 2 nitrogen and oxygen atoms in total. The number of rotatable bonds is 4. The van der Waals surface area contributed by atoms with E-state index >= 15 is 0 Å². The molecule has 2 heteroatoms. The zero-order valence-electron chi connectivity index (χ0n) is 9.16. The van der Waals surface area contributed by atoms with Crippen LogP contribution in [0.1, 0.15) is 39.5 Å². The third kappa shape index (κ3) is 3.28. The smallest absolute Gasteiger partial charge is 0.000807 e. The average molecular weight is 184 g/mol. The molecule has 1 heterocycles. The fraction of sp³-hybridized carbons (Fsp3) is 1.00. The fourth-order valence-corrected chi connectivity index (χ4v) is 2.24. The summed E-state index contributed by atoms with van der Waals surface area (Å²) in [5.74, 6) is 0. The molecule has 1 fully saturated rings. The van der Waals surface area contributed by atoms with Gasteiger partial charge in [0, 0.05) is 6.54 Å². The van der Waals surface area contributed by atoms with Crippen molar-refractivity contribution in [1.82, 2.24) is 10.6 Å². The van der Waals surface area contributed by atoms with Crippen molar-refractivity contribution in [2.45, 2.75) is 39.5 Å². The van der Waals surface area contributed by atoms with E-state index in [0.717, 1.165) is 6.54 Å². The average Bonchev–Trinajstić information content (AvgIpc) is 2.41. The molecule has 1 rings (SSSR count). The molecule has 0 amide bonds. The summed E-state index contributed by atoms with van der Waals surface area (Å²) in [4.78, 5) is 0. The van der Waals surface area contributed by atoms with Crippen LogP contribution >= 0.6 is 0 Å². The lowest BCUT2D eigenvalue weighted by Crippen LogP contribution is -2.34. The summed E-state index contributed by atoms with van der Waals surface area (Å²) < 4.78 is 0. The van der Waals surface area contributed by atoms with Crippen molar-refractivity contribution in [1.29, 1.82) is 0 Å². The first-order valence-electron chi connectivity index (χ1n) is 5.74. The highest BCUT2D eigenvalue weighted by molar-refractivity contribution is 4.83. The van der Waals surface area contributed by atoms with E-state index in [1.807, 2.05) is 0 Å². The van der Waals surface area contributed by atoms with Crippen LogP contribution in [0.2, 0.25) is 0 Å². The van der Waals surface area contributed by atoms with Crippen molar-refractivity contribution in [2.75, 3.05) is 26.2 Å². The maximum atomic E-state index is 3.51. The number of nitrogens with one attached hydrogen (secondary N) is 2. The van der Waals surface area contributed by atoms with E-state index in [1.54, 1.807) is 0 Å².